The molecule has 0 amide bonds. The topological polar surface area (TPSA) is 30.5 Å². The second kappa shape index (κ2) is 9.30. The molecule has 3 aromatic carbocycles. The lowest BCUT2D eigenvalue weighted by Gasteiger charge is -2.16. The zero-order valence-electron chi connectivity index (χ0n) is 15.6. The van der Waals surface area contributed by atoms with Gasteiger partial charge < -0.3 is 14.8 Å². The summed E-state index contributed by atoms with van der Waals surface area (Å²) < 4.78 is 25.5. The highest BCUT2D eigenvalue weighted by Crippen LogP contribution is 2.37. The number of aryl methyl sites for hydroxylation is 1. The molecular formula is C22H20BrClFNO2. The minimum Gasteiger partial charge on any atom is -0.493 e. The zero-order valence-corrected chi connectivity index (χ0v) is 17.9. The Morgan fingerprint density at radius 3 is 2.64 bits per heavy atom. The molecule has 146 valence electrons. The first-order valence-electron chi connectivity index (χ1n) is 8.70. The van der Waals surface area contributed by atoms with E-state index in [0.29, 0.717) is 23.1 Å². The third-order valence-corrected chi connectivity index (χ3v) is 5.07. The second-order valence-corrected chi connectivity index (χ2v) is 7.63. The van der Waals surface area contributed by atoms with Crippen LogP contribution >= 0.6 is 27.5 Å². The molecule has 0 bridgehead atoms. The van der Waals surface area contributed by atoms with Crippen LogP contribution < -0.4 is 14.8 Å². The van der Waals surface area contributed by atoms with Crippen molar-refractivity contribution >= 4 is 33.2 Å². The van der Waals surface area contributed by atoms with E-state index in [-0.39, 0.29) is 12.4 Å². The standard InChI is InChI=1S/C22H20BrClFNO2/c1-14-6-7-17(24)11-20(14)26-12-16-9-19(23)22(21(10-16)27-2)28-13-15-4-3-5-18(25)8-15/h3-11,26H,12-13H2,1-2H3. The van der Waals surface area contributed by atoms with Crippen molar-refractivity contribution in [2.45, 2.75) is 20.1 Å². The maximum atomic E-state index is 13.3. The van der Waals surface area contributed by atoms with Gasteiger partial charge in [-0.15, -0.1) is 0 Å². The molecule has 0 fully saturated rings. The van der Waals surface area contributed by atoms with Gasteiger partial charge in [0.15, 0.2) is 11.5 Å². The normalized spacial score (nSPS) is 10.6. The lowest BCUT2D eigenvalue weighted by atomic mass is 10.1. The fourth-order valence-corrected chi connectivity index (χ4v) is 3.56. The predicted molar refractivity (Wildman–Crippen MR) is 115 cm³/mol. The molecule has 28 heavy (non-hydrogen) atoms. The van der Waals surface area contributed by atoms with E-state index < -0.39 is 0 Å². The Morgan fingerprint density at radius 1 is 1.07 bits per heavy atom. The molecule has 0 aliphatic carbocycles. The molecule has 3 aromatic rings. The van der Waals surface area contributed by atoms with Gasteiger partial charge in [0.25, 0.3) is 0 Å². The smallest absolute Gasteiger partial charge is 0.175 e. The first-order valence-corrected chi connectivity index (χ1v) is 9.87. The minimum absolute atomic E-state index is 0.242. The molecule has 0 aromatic heterocycles. The Labute approximate surface area is 177 Å². The van der Waals surface area contributed by atoms with E-state index >= 15 is 0 Å². The van der Waals surface area contributed by atoms with Crippen LogP contribution in [0.4, 0.5) is 10.1 Å². The minimum atomic E-state index is -0.287. The van der Waals surface area contributed by atoms with Gasteiger partial charge in [0, 0.05) is 17.3 Å². The Bertz CT molecular complexity index is 981. The second-order valence-electron chi connectivity index (χ2n) is 6.34. The number of rotatable bonds is 7. The van der Waals surface area contributed by atoms with Crippen molar-refractivity contribution < 1.29 is 13.9 Å². The average Bonchev–Trinajstić information content (AvgIpc) is 2.67. The molecule has 0 spiro atoms. The first kappa shape index (κ1) is 20.5. The summed E-state index contributed by atoms with van der Waals surface area (Å²) in [6.07, 6.45) is 0. The van der Waals surface area contributed by atoms with Crippen molar-refractivity contribution in [1.82, 2.24) is 0 Å². The summed E-state index contributed by atoms with van der Waals surface area (Å²) in [7, 11) is 1.59. The van der Waals surface area contributed by atoms with Gasteiger partial charge in [-0.25, -0.2) is 4.39 Å². The van der Waals surface area contributed by atoms with Crippen LogP contribution in [0.5, 0.6) is 11.5 Å². The Morgan fingerprint density at radius 2 is 1.89 bits per heavy atom. The fraction of sp³-hybridized carbons (Fsp3) is 0.182. The lowest BCUT2D eigenvalue weighted by Crippen LogP contribution is -2.03. The summed E-state index contributed by atoms with van der Waals surface area (Å²) in [5.41, 5.74) is 3.86. The van der Waals surface area contributed by atoms with Gasteiger partial charge in [-0.05, 0) is 75.9 Å². The third-order valence-electron chi connectivity index (χ3n) is 4.24. The van der Waals surface area contributed by atoms with E-state index in [1.807, 2.05) is 43.3 Å². The number of ether oxygens (including phenoxy) is 2. The van der Waals surface area contributed by atoms with E-state index in [1.54, 1.807) is 13.2 Å². The predicted octanol–water partition coefficient (Wildman–Crippen LogP) is 6.75. The molecule has 6 heteroatoms. The van der Waals surface area contributed by atoms with E-state index in [2.05, 4.69) is 21.2 Å². The molecule has 0 atom stereocenters. The molecule has 0 saturated carbocycles. The lowest BCUT2D eigenvalue weighted by molar-refractivity contribution is 0.282. The molecule has 0 heterocycles. The molecule has 3 nitrogen and oxygen atoms in total. The highest BCUT2D eigenvalue weighted by molar-refractivity contribution is 9.10. The van der Waals surface area contributed by atoms with Crippen molar-refractivity contribution in [3.63, 3.8) is 0 Å². The van der Waals surface area contributed by atoms with Gasteiger partial charge in [0.05, 0.1) is 11.6 Å². The summed E-state index contributed by atoms with van der Waals surface area (Å²) in [6.45, 7) is 2.87. The average molecular weight is 465 g/mol. The molecule has 3 rings (SSSR count). The summed E-state index contributed by atoms with van der Waals surface area (Å²) in [5, 5.41) is 4.08. The largest absolute Gasteiger partial charge is 0.493 e. The highest BCUT2D eigenvalue weighted by atomic mass is 79.9. The van der Waals surface area contributed by atoms with Gasteiger partial charge in [-0.1, -0.05) is 29.8 Å². The van der Waals surface area contributed by atoms with Crippen molar-refractivity contribution in [1.29, 1.82) is 0 Å². The fourth-order valence-electron chi connectivity index (χ4n) is 2.78. The Balaban J connectivity index is 1.74. The van der Waals surface area contributed by atoms with Crippen LogP contribution in [-0.4, -0.2) is 7.11 Å². The van der Waals surface area contributed by atoms with Crippen molar-refractivity contribution in [3.05, 3.63) is 86.6 Å². The van der Waals surface area contributed by atoms with Crippen LogP contribution in [0.15, 0.2) is 59.1 Å². The molecule has 0 saturated heterocycles. The summed E-state index contributed by atoms with van der Waals surface area (Å²) >= 11 is 9.63. The maximum absolute atomic E-state index is 13.3. The summed E-state index contributed by atoms with van der Waals surface area (Å²) in [4.78, 5) is 0. The number of halogens is 3. The van der Waals surface area contributed by atoms with Gasteiger partial charge in [-0.3, -0.25) is 0 Å². The van der Waals surface area contributed by atoms with E-state index in [4.69, 9.17) is 21.1 Å². The number of methoxy groups -OCH3 is 1. The third kappa shape index (κ3) is 5.18. The number of nitrogens with one attached hydrogen (secondary N) is 1. The molecular weight excluding hydrogens is 445 g/mol. The summed E-state index contributed by atoms with van der Waals surface area (Å²) in [6, 6.07) is 16.0. The van der Waals surface area contributed by atoms with Gasteiger partial charge >= 0.3 is 0 Å². The monoisotopic (exact) mass is 463 g/mol. The number of anilines is 1. The Kier molecular flexibility index (Phi) is 6.81. The first-order chi connectivity index (χ1) is 13.5. The number of benzene rings is 3. The van der Waals surface area contributed by atoms with Crippen LogP contribution in [0.25, 0.3) is 0 Å². The molecule has 0 aliphatic rings. The van der Waals surface area contributed by atoms with Crippen LogP contribution in [0.2, 0.25) is 5.02 Å². The van der Waals surface area contributed by atoms with Crippen LogP contribution in [0.1, 0.15) is 16.7 Å². The number of hydrogen-bond acceptors (Lipinski definition) is 3. The van der Waals surface area contributed by atoms with Gasteiger partial charge in [0.2, 0.25) is 0 Å². The van der Waals surface area contributed by atoms with Crippen molar-refractivity contribution in [2.75, 3.05) is 12.4 Å². The van der Waals surface area contributed by atoms with Gasteiger partial charge in [-0.2, -0.15) is 0 Å². The van der Waals surface area contributed by atoms with Crippen LogP contribution in [0.3, 0.4) is 0 Å². The van der Waals surface area contributed by atoms with Crippen molar-refractivity contribution in [2.24, 2.45) is 0 Å². The quantitative estimate of drug-likeness (QED) is 0.419. The summed E-state index contributed by atoms with van der Waals surface area (Å²) in [5.74, 6) is 0.893. The highest BCUT2D eigenvalue weighted by Gasteiger charge is 2.13. The van der Waals surface area contributed by atoms with E-state index in [9.17, 15) is 4.39 Å². The van der Waals surface area contributed by atoms with E-state index in [0.717, 1.165) is 26.9 Å². The van der Waals surface area contributed by atoms with Crippen molar-refractivity contribution in [3.8, 4) is 11.5 Å². The Hall–Kier alpha value is -2.24. The van der Waals surface area contributed by atoms with Crippen LogP contribution in [0, 0.1) is 12.7 Å². The maximum Gasteiger partial charge on any atom is 0.175 e. The molecule has 0 radical (unpaired) electrons. The van der Waals surface area contributed by atoms with Crippen LogP contribution in [-0.2, 0) is 13.2 Å². The number of hydrogen-bond donors (Lipinski definition) is 1. The molecule has 1 N–H and O–H groups in total. The van der Waals surface area contributed by atoms with E-state index in [1.165, 1.54) is 12.1 Å². The molecule has 0 aliphatic heterocycles. The SMILES string of the molecule is COc1cc(CNc2cc(Cl)ccc2C)cc(Br)c1OCc1cccc(F)c1. The van der Waals surface area contributed by atoms with Gasteiger partial charge in [0.1, 0.15) is 12.4 Å². The molecule has 0 unspecified atom stereocenters. The zero-order chi connectivity index (χ0) is 20.1.